The predicted molar refractivity (Wildman–Crippen MR) is 82.6 cm³/mol. The van der Waals surface area contributed by atoms with Gasteiger partial charge in [-0.15, -0.1) is 0 Å². The van der Waals surface area contributed by atoms with Gasteiger partial charge in [-0.25, -0.2) is 4.39 Å². The van der Waals surface area contributed by atoms with E-state index in [0.29, 0.717) is 11.6 Å². The molecule has 2 aromatic rings. The Kier molecular flexibility index (Phi) is 5.40. The minimum atomic E-state index is -0.348. The quantitative estimate of drug-likeness (QED) is 0.847. The number of benzene rings is 2. The van der Waals surface area contributed by atoms with Crippen LogP contribution < -0.4 is 10.1 Å². The van der Waals surface area contributed by atoms with E-state index in [1.54, 1.807) is 6.07 Å². The standard InChI is InChI=1S/C15H14BrClFNO/c1-19-8-11-6-13(4-5-14(11)16)20-9-10-2-3-12(18)7-15(10)17/h2-7,19H,8-9H2,1H3. The van der Waals surface area contributed by atoms with Gasteiger partial charge in [-0.1, -0.05) is 33.6 Å². The Balaban J connectivity index is 2.08. The van der Waals surface area contributed by atoms with E-state index in [9.17, 15) is 4.39 Å². The van der Waals surface area contributed by atoms with Crippen LogP contribution in [-0.4, -0.2) is 7.05 Å². The van der Waals surface area contributed by atoms with Crippen molar-refractivity contribution in [1.29, 1.82) is 0 Å². The van der Waals surface area contributed by atoms with Crippen molar-refractivity contribution in [2.45, 2.75) is 13.2 Å². The summed E-state index contributed by atoms with van der Waals surface area (Å²) in [7, 11) is 1.89. The van der Waals surface area contributed by atoms with Crippen LogP contribution in [0.5, 0.6) is 5.75 Å². The highest BCUT2D eigenvalue weighted by molar-refractivity contribution is 9.10. The summed E-state index contributed by atoms with van der Waals surface area (Å²) < 4.78 is 19.7. The fourth-order valence-corrected chi connectivity index (χ4v) is 2.38. The third-order valence-electron chi connectivity index (χ3n) is 2.79. The molecule has 1 N–H and O–H groups in total. The third kappa shape index (κ3) is 3.95. The minimum Gasteiger partial charge on any atom is -0.489 e. The molecule has 0 atom stereocenters. The molecule has 0 heterocycles. The molecule has 2 aromatic carbocycles. The molecule has 0 radical (unpaired) electrons. The summed E-state index contributed by atoms with van der Waals surface area (Å²) in [6.07, 6.45) is 0. The van der Waals surface area contributed by atoms with Crippen LogP contribution in [0, 0.1) is 5.82 Å². The maximum atomic E-state index is 13.0. The lowest BCUT2D eigenvalue weighted by Crippen LogP contribution is -2.06. The molecule has 20 heavy (non-hydrogen) atoms. The minimum absolute atomic E-state index is 0.305. The highest BCUT2D eigenvalue weighted by Crippen LogP contribution is 2.24. The average Bonchev–Trinajstić information content (AvgIpc) is 2.41. The van der Waals surface area contributed by atoms with Crippen LogP contribution in [0.3, 0.4) is 0 Å². The molecule has 0 aliphatic carbocycles. The lowest BCUT2D eigenvalue weighted by Gasteiger charge is -2.10. The van der Waals surface area contributed by atoms with Crippen molar-refractivity contribution in [1.82, 2.24) is 5.32 Å². The Labute approximate surface area is 131 Å². The summed E-state index contributed by atoms with van der Waals surface area (Å²) in [5.74, 6) is 0.400. The zero-order valence-corrected chi connectivity index (χ0v) is 13.3. The van der Waals surface area contributed by atoms with Crippen molar-refractivity contribution in [2.24, 2.45) is 0 Å². The summed E-state index contributed by atoms with van der Waals surface area (Å²) in [5.41, 5.74) is 1.86. The second-order valence-electron chi connectivity index (χ2n) is 4.31. The first kappa shape index (κ1) is 15.3. The average molecular weight is 359 g/mol. The summed E-state index contributed by atoms with van der Waals surface area (Å²) >= 11 is 9.45. The van der Waals surface area contributed by atoms with E-state index < -0.39 is 0 Å². The molecular weight excluding hydrogens is 345 g/mol. The fraction of sp³-hybridized carbons (Fsp3) is 0.200. The van der Waals surface area contributed by atoms with Gasteiger partial charge in [0, 0.05) is 16.6 Å². The predicted octanol–water partition coefficient (Wildman–Crippen LogP) is 4.54. The molecular formula is C15H14BrClFNO. The highest BCUT2D eigenvalue weighted by atomic mass is 79.9. The number of halogens is 3. The molecule has 0 aromatic heterocycles. The smallest absolute Gasteiger partial charge is 0.124 e. The van der Waals surface area contributed by atoms with Gasteiger partial charge in [0.15, 0.2) is 0 Å². The molecule has 106 valence electrons. The summed E-state index contributed by atoms with van der Waals surface area (Å²) in [4.78, 5) is 0. The first-order valence-electron chi connectivity index (χ1n) is 6.10. The van der Waals surface area contributed by atoms with E-state index in [-0.39, 0.29) is 5.82 Å². The lowest BCUT2D eigenvalue weighted by molar-refractivity contribution is 0.305. The molecule has 0 saturated carbocycles. The molecule has 5 heteroatoms. The van der Waals surface area contributed by atoms with Crippen molar-refractivity contribution in [3.8, 4) is 5.75 Å². The number of hydrogen-bond acceptors (Lipinski definition) is 2. The molecule has 0 bridgehead atoms. The SMILES string of the molecule is CNCc1cc(OCc2ccc(F)cc2Cl)ccc1Br. The van der Waals surface area contributed by atoms with Crippen molar-refractivity contribution in [3.05, 3.63) is 62.8 Å². The molecule has 0 unspecified atom stereocenters. The highest BCUT2D eigenvalue weighted by Gasteiger charge is 2.05. The van der Waals surface area contributed by atoms with Gasteiger partial charge in [0.2, 0.25) is 0 Å². The zero-order valence-electron chi connectivity index (χ0n) is 10.9. The molecule has 0 fully saturated rings. The van der Waals surface area contributed by atoms with Crippen molar-refractivity contribution in [3.63, 3.8) is 0 Å². The van der Waals surface area contributed by atoms with E-state index in [1.807, 2.05) is 25.2 Å². The summed E-state index contributed by atoms with van der Waals surface area (Å²) in [6.45, 7) is 1.05. The first-order chi connectivity index (χ1) is 9.60. The van der Waals surface area contributed by atoms with Crippen LogP contribution >= 0.6 is 27.5 Å². The molecule has 2 nitrogen and oxygen atoms in total. The Morgan fingerprint density at radius 3 is 2.70 bits per heavy atom. The van der Waals surface area contributed by atoms with E-state index in [1.165, 1.54) is 12.1 Å². The zero-order chi connectivity index (χ0) is 14.5. The van der Waals surface area contributed by atoms with Crippen LogP contribution in [0.4, 0.5) is 4.39 Å². The van der Waals surface area contributed by atoms with Crippen LogP contribution in [-0.2, 0) is 13.2 Å². The van der Waals surface area contributed by atoms with Gasteiger partial charge in [-0.2, -0.15) is 0 Å². The molecule has 2 rings (SSSR count). The molecule has 0 saturated heterocycles. The molecule has 0 aliphatic heterocycles. The normalized spacial score (nSPS) is 10.6. The first-order valence-corrected chi connectivity index (χ1v) is 7.27. The fourth-order valence-electron chi connectivity index (χ4n) is 1.77. The Morgan fingerprint density at radius 1 is 1.20 bits per heavy atom. The summed E-state index contributed by atoms with van der Waals surface area (Å²) in [5, 5.41) is 3.47. The van der Waals surface area contributed by atoms with E-state index in [4.69, 9.17) is 16.3 Å². The van der Waals surface area contributed by atoms with Gasteiger partial charge < -0.3 is 10.1 Å². The van der Waals surface area contributed by atoms with Crippen molar-refractivity contribution in [2.75, 3.05) is 7.05 Å². The van der Waals surface area contributed by atoms with Gasteiger partial charge in [0.1, 0.15) is 18.2 Å². The lowest BCUT2D eigenvalue weighted by atomic mass is 10.2. The maximum Gasteiger partial charge on any atom is 0.124 e. The van der Waals surface area contributed by atoms with Crippen LogP contribution in [0.25, 0.3) is 0 Å². The Morgan fingerprint density at radius 2 is 2.00 bits per heavy atom. The van der Waals surface area contributed by atoms with Crippen LogP contribution in [0.15, 0.2) is 40.9 Å². The Bertz CT molecular complexity index is 606. The number of nitrogens with one attached hydrogen (secondary N) is 1. The van der Waals surface area contributed by atoms with Gasteiger partial charge in [-0.05, 0) is 42.9 Å². The molecule has 0 aliphatic rings. The third-order valence-corrected chi connectivity index (χ3v) is 3.92. The summed E-state index contributed by atoms with van der Waals surface area (Å²) in [6, 6.07) is 10.1. The van der Waals surface area contributed by atoms with Crippen molar-refractivity contribution >= 4 is 27.5 Å². The Hall–Kier alpha value is -1.10. The van der Waals surface area contributed by atoms with Gasteiger partial charge in [-0.3, -0.25) is 0 Å². The maximum absolute atomic E-state index is 13.0. The second kappa shape index (κ2) is 7.07. The topological polar surface area (TPSA) is 21.3 Å². The largest absolute Gasteiger partial charge is 0.489 e. The van der Waals surface area contributed by atoms with E-state index in [0.717, 1.165) is 27.9 Å². The van der Waals surface area contributed by atoms with Crippen LogP contribution in [0.1, 0.15) is 11.1 Å². The van der Waals surface area contributed by atoms with Gasteiger partial charge in [0.05, 0.1) is 5.02 Å². The number of ether oxygens (including phenoxy) is 1. The van der Waals surface area contributed by atoms with E-state index >= 15 is 0 Å². The van der Waals surface area contributed by atoms with Crippen LogP contribution in [0.2, 0.25) is 5.02 Å². The number of rotatable bonds is 5. The number of hydrogen-bond donors (Lipinski definition) is 1. The van der Waals surface area contributed by atoms with Gasteiger partial charge >= 0.3 is 0 Å². The molecule has 0 amide bonds. The van der Waals surface area contributed by atoms with Gasteiger partial charge in [0.25, 0.3) is 0 Å². The van der Waals surface area contributed by atoms with Crippen molar-refractivity contribution < 1.29 is 9.13 Å². The van der Waals surface area contributed by atoms with E-state index in [2.05, 4.69) is 21.2 Å². The molecule has 0 spiro atoms. The monoisotopic (exact) mass is 357 g/mol. The second-order valence-corrected chi connectivity index (χ2v) is 5.57.